The number of aryl methyl sites for hydroxylation is 2. The fourth-order valence-electron chi connectivity index (χ4n) is 2.28. The van der Waals surface area contributed by atoms with Crippen LogP contribution in [-0.2, 0) is 0 Å². The minimum Gasteiger partial charge on any atom is -0.213 e. The Morgan fingerprint density at radius 3 is 2.39 bits per heavy atom. The molecular formula is C17H15O+. The third-order valence-electron chi connectivity index (χ3n) is 3.13. The van der Waals surface area contributed by atoms with Crippen molar-refractivity contribution in [2.75, 3.05) is 0 Å². The average Bonchev–Trinajstić information content (AvgIpc) is 2.38. The van der Waals surface area contributed by atoms with Gasteiger partial charge in [-0.2, -0.15) is 0 Å². The second-order valence-electron chi connectivity index (χ2n) is 4.64. The summed E-state index contributed by atoms with van der Waals surface area (Å²) >= 11 is 0. The SMILES string of the molecule is Cc1ccc2c(-c3ccccc3)cc(C)[o+]c2c1. The first-order valence-corrected chi connectivity index (χ1v) is 6.13. The molecule has 0 saturated carbocycles. The van der Waals surface area contributed by atoms with Crippen LogP contribution in [0.2, 0.25) is 0 Å². The molecule has 88 valence electrons. The fourth-order valence-corrected chi connectivity index (χ4v) is 2.28. The average molecular weight is 235 g/mol. The second-order valence-corrected chi connectivity index (χ2v) is 4.64. The predicted octanol–water partition coefficient (Wildman–Crippen LogP) is 5.00. The van der Waals surface area contributed by atoms with E-state index in [-0.39, 0.29) is 0 Å². The minimum atomic E-state index is 0.937. The van der Waals surface area contributed by atoms with Gasteiger partial charge in [0.25, 0.3) is 0 Å². The summed E-state index contributed by atoms with van der Waals surface area (Å²) in [5.74, 6) is 0.937. The molecule has 1 heterocycles. The Morgan fingerprint density at radius 1 is 0.833 bits per heavy atom. The Balaban J connectivity index is 2.35. The maximum Gasteiger partial charge on any atom is 0.361 e. The molecule has 1 aromatic heterocycles. The fraction of sp³-hybridized carbons (Fsp3) is 0.118. The lowest BCUT2D eigenvalue weighted by Crippen LogP contribution is -1.84. The van der Waals surface area contributed by atoms with Crippen LogP contribution in [0.25, 0.3) is 22.1 Å². The lowest BCUT2D eigenvalue weighted by molar-refractivity contribution is 0.566. The van der Waals surface area contributed by atoms with Gasteiger partial charge in [-0.25, -0.2) is 4.42 Å². The second kappa shape index (κ2) is 4.26. The molecule has 3 rings (SSSR count). The van der Waals surface area contributed by atoms with Gasteiger partial charge in [0.2, 0.25) is 0 Å². The third-order valence-corrected chi connectivity index (χ3v) is 3.13. The highest BCUT2D eigenvalue weighted by molar-refractivity contribution is 5.93. The molecule has 0 amide bonds. The molecule has 0 bridgehead atoms. The Bertz CT molecular complexity index is 694. The molecule has 0 saturated heterocycles. The van der Waals surface area contributed by atoms with Crippen LogP contribution >= 0.6 is 0 Å². The predicted molar refractivity (Wildman–Crippen MR) is 75.5 cm³/mol. The molecule has 0 aliphatic carbocycles. The Labute approximate surface area is 107 Å². The summed E-state index contributed by atoms with van der Waals surface area (Å²) in [6.45, 7) is 4.08. The molecule has 0 N–H and O–H groups in total. The first-order chi connectivity index (χ1) is 8.74. The van der Waals surface area contributed by atoms with E-state index in [9.17, 15) is 0 Å². The Morgan fingerprint density at radius 2 is 1.61 bits per heavy atom. The van der Waals surface area contributed by atoms with Gasteiger partial charge in [0.05, 0.1) is 12.3 Å². The monoisotopic (exact) mass is 235 g/mol. The molecule has 0 fully saturated rings. The summed E-state index contributed by atoms with van der Waals surface area (Å²) in [6, 6.07) is 18.9. The van der Waals surface area contributed by atoms with Crippen LogP contribution in [0.3, 0.4) is 0 Å². The summed E-state index contributed by atoms with van der Waals surface area (Å²) in [7, 11) is 0. The van der Waals surface area contributed by atoms with Crippen LogP contribution < -0.4 is 0 Å². The number of rotatable bonds is 1. The first-order valence-electron chi connectivity index (χ1n) is 6.13. The molecule has 3 aromatic rings. The molecule has 0 radical (unpaired) electrons. The van der Waals surface area contributed by atoms with Gasteiger partial charge in [-0.1, -0.05) is 36.4 Å². The van der Waals surface area contributed by atoms with E-state index in [0.717, 1.165) is 16.7 Å². The molecule has 0 spiro atoms. The van der Waals surface area contributed by atoms with Crippen molar-refractivity contribution in [3.8, 4) is 11.1 Å². The van der Waals surface area contributed by atoms with Crippen molar-refractivity contribution >= 4 is 11.0 Å². The topological polar surface area (TPSA) is 11.3 Å². The van der Waals surface area contributed by atoms with E-state index in [1.54, 1.807) is 0 Å². The van der Waals surface area contributed by atoms with Crippen molar-refractivity contribution in [3.05, 3.63) is 65.9 Å². The normalized spacial score (nSPS) is 10.8. The molecule has 1 nitrogen and oxygen atoms in total. The molecule has 1 heteroatoms. The molecule has 2 aromatic carbocycles. The van der Waals surface area contributed by atoms with Gasteiger partial charge in [0, 0.05) is 17.7 Å². The van der Waals surface area contributed by atoms with Crippen LogP contribution in [0, 0.1) is 13.8 Å². The highest BCUT2D eigenvalue weighted by Gasteiger charge is 2.15. The summed E-state index contributed by atoms with van der Waals surface area (Å²) in [5, 5.41) is 1.16. The third kappa shape index (κ3) is 1.88. The summed E-state index contributed by atoms with van der Waals surface area (Å²) in [4.78, 5) is 0. The number of benzene rings is 2. The van der Waals surface area contributed by atoms with Crippen molar-refractivity contribution in [2.45, 2.75) is 13.8 Å². The molecule has 0 aliphatic rings. The smallest absolute Gasteiger partial charge is 0.213 e. The first kappa shape index (κ1) is 11.0. The molecule has 18 heavy (non-hydrogen) atoms. The van der Waals surface area contributed by atoms with Crippen molar-refractivity contribution < 1.29 is 4.42 Å². The zero-order valence-corrected chi connectivity index (χ0v) is 10.6. The molecule has 0 atom stereocenters. The van der Waals surface area contributed by atoms with Gasteiger partial charge in [-0.15, -0.1) is 0 Å². The van der Waals surface area contributed by atoms with E-state index in [1.807, 2.05) is 13.0 Å². The van der Waals surface area contributed by atoms with E-state index < -0.39 is 0 Å². The highest BCUT2D eigenvalue weighted by Crippen LogP contribution is 2.30. The van der Waals surface area contributed by atoms with Gasteiger partial charge >= 0.3 is 11.3 Å². The Kier molecular flexibility index (Phi) is 2.60. The van der Waals surface area contributed by atoms with Gasteiger partial charge < -0.3 is 0 Å². The van der Waals surface area contributed by atoms with E-state index in [4.69, 9.17) is 4.42 Å². The lowest BCUT2D eigenvalue weighted by Gasteiger charge is -2.02. The van der Waals surface area contributed by atoms with E-state index in [0.29, 0.717) is 0 Å². The quantitative estimate of drug-likeness (QED) is 0.540. The number of hydrogen-bond donors (Lipinski definition) is 0. The maximum absolute atomic E-state index is 5.80. The minimum absolute atomic E-state index is 0.937. The number of fused-ring (bicyclic) bond motifs is 1. The van der Waals surface area contributed by atoms with Crippen molar-refractivity contribution in [1.29, 1.82) is 0 Å². The van der Waals surface area contributed by atoms with E-state index in [2.05, 4.69) is 55.5 Å². The standard InChI is InChI=1S/C17H15O/c1-12-8-9-15-16(14-6-4-3-5-7-14)11-13(2)18-17(15)10-12/h3-11H,1-2H3/q+1. The van der Waals surface area contributed by atoms with Crippen LogP contribution in [0.15, 0.2) is 59.0 Å². The molecule has 0 unspecified atom stereocenters. The van der Waals surface area contributed by atoms with Gasteiger partial charge in [0.15, 0.2) is 0 Å². The van der Waals surface area contributed by atoms with Crippen molar-refractivity contribution in [2.24, 2.45) is 0 Å². The molecular weight excluding hydrogens is 220 g/mol. The largest absolute Gasteiger partial charge is 0.361 e. The van der Waals surface area contributed by atoms with Crippen LogP contribution in [0.5, 0.6) is 0 Å². The van der Waals surface area contributed by atoms with E-state index in [1.165, 1.54) is 16.7 Å². The molecule has 0 aliphatic heterocycles. The summed E-state index contributed by atoms with van der Waals surface area (Å²) in [5.41, 5.74) is 4.63. The van der Waals surface area contributed by atoms with Crippen molar-refractivity contribution in [3.63, 3.8) is 0 Å². The zero-order chi connectivity index (χ0) is 12.5. The zero-order valence-electron chi connectivity index (χ0n) is 10.6. The summed E-state index contributed by atoms with van der Waals surface area (Å²) in [6.07, 6.45) is 0. The summed E-state index contributed by atoms with van der Waals surface area (Å²) < 4.78 is 5.80. The van der Waals surface area contributed by atoms with Crippen molar-refractivity contribution in [1.82, 2.24) is 0 Å². The van der Waals surface area contributed by atoms with Crippen LogP contribution in [-0.4, -0.2) is 0 Å². The maximum atomic E-state index is 5.80. The van der Waals surface area contributed by atoms with Gasteiger partial charge in [-0.05, 0) is 24.1 Å². The van der Waals surface area contributed by atoms with E-state index >= 15 is 0 Å². The van der Waals surface area contributed by atoms with Gasteiger partial charge in [-0.3, -0.25) is 0 Å². The van der Waals surface area contributed by atoms with Gasteiger partial charge in [0.1, 0.15) is 0 Å². The van der Waals surface area contributed by atoms with Crippen LogP contribution in [0.1, 0.15) is 11.3 Å². The lowest BCUT2D eigenvalue weighted by atomic mass is 10.0. The highest BCUT2D eigenvalue weighted by atomic mass is 16.3. The Hall–Kier alpha value is -2.15. The number of hydrogen-bond acceptors (Lipinski definition) is 0. The van der Waals surface area contributed by atoms with Crippen LogP contribution in [0.4, 0.5) is 0 Å².